The Morgan fingerprint density at radius 2 is 1.81 bits per heavy atom. The molecule has 126 valence electrons. The number of carboxylic acids is 1. The molecule has 0 amide bonds. The summed E-state index contributed by atoms with van der Waals surface area (Å²) in [4.78, 5) is 11.5. The minimum absolute atomic E-state index is 0.0478. The molecule has 0 rings (SSSR count). The van der Waals surface area contributed by atoms with Crippen LogP contribution in [0.3, 0.4) is 0 Å². The van der Waals surface area contributed by atoms with Crippen molar-refractivity contribution in [3.05, 3.63) is 0 Å². The highest BCUT2D eigenvalue weighted by Crippen LogP contribution is 2.34. The van der Waals surface area contributed by atoms with Crippen molar-refractivity contribution < 1.29 is 30.3 Å². The number of carbonyl (C=O) groups is 1. The zero-order valence-electron chi connectivity index (χ0n) is 12.6. The normalized spacial score (nSPS) is 20.3. The largest absolute Gasteiger partial charge is 0.480 e. The Hall–Kier alpha value is -0.340. The number of aliphatic hydroxyl groups is 4. The Morgan fingerprint density at radius 1 is 1.24 bits per heavy atom. The maximum Gasteiger partial charge on any atom is 0.322 e. The van der Waals surface area contributed by atoms with Gasteiger partial charge < -0.3 is 25.5 Å². The van der Waals surface area contributed by atoms with E-state index in [0.717, 1.165) is 25.7 Å². The van der Waals surface area contributed by atoms with Gasteiger partial charge in [0.15, 0.2) is 0 Å². The van der Waals surface area contributed by atoms with Crippen LogP contribution in [0.4, 0.5) is 0 Å². The van der Waals surface area contributed by atoms with E-state index in [-0.39, 0.29) is 12.3 Å². The molecule has 0 saturated heterocycles. The summed E-state index contributed by atoms with van der Waals surface area (Å²) in [6.45, 7) is 3.20. The summed E-state index contributed by atoms with van der Waals surface area (Å²) >= 11 is 4.09. The van der Waals surface area contributed by atoms with Crippen LogP contribution >= 0.6 is 12.6 Å². The SMILES string of the molecule is CCCCC(CC)C[C@](S)(C(=O)O)[C@@H](O)[C@H](O)[C@H](O)CO. The number of thiol groups is 1. The first-order chi connectivity index (χ1) is 9.74. The van der Waals surface area contributed by atoms with Crippen LogP contribution in [-0.2, 0) is 4.79 Å². The van der Waals surface area contributed by atoms with Crippen molar-refractivity contribution >= 4 is 18.6 Å². The molecule has 21 heavy (non-hydrogen) atoms. The van der Waals surface area contributed by atoms with Gasteiger partial charge in [-0.25, -0.2) is 0 Å². The summed E-state index contributed by atoms with van der Waals surface area (Å²) in [6, 6.07) is 0. The van der Waals surface area contributed by atoms with Gasteiger partial charge in [-0.1, -0.05) is 39.5 Å². The molecule has 7 heteroatoms. The number of hydrogen-bond acceptors (Lipinski definition) is 6. The van der Waals surface area contributed by atoms with E-state index in [2.05, 4.69) is 12.6 Å². The summed E-state index contributed by atoms with van der Waals surface area (Å²) in [5.74, 6) is -1.30. The van der Waals surface area contributed by atoms with Gasteiger partial charge in [0, 0.05) is 0 Å². The Kier molecular flexibility index (Phi) is 9.48. The fourth-order valence-electron chi connectivity index (χ4n) is 2.32. The van der Waals surface area contributed by atoms with E-state index in [1.54, 1.807) is 0 Å². The molecule has 1 unspecified atom stereocenters. The van der Waals surface area contributed by atoms with Crippen molar-refractivity contribution in [3.63, 3.8) is 0 Å². The molecule has 0 bridgehead atoms. The molecule has 5 atom stereocenters. The van der Waals surface area contributed by atoms with Gasteiger partial charge >= 0.3 is 5.97 Å². The summed E-state index contributed by atoms with van der Waals surface area (Å²) in [5, 5.41) is 47.4. The quantitative estimate of drug-likeness (QED) is 0.307. The van der Waals surface area contributed by atoms with Gasteiger partial charge in [-0.3, -0.25) is 4.79 Å². The molecule has 0 aromatic rings. The molecule has 0 heterocycles. The lowest BCUT2D eigenvalue weighted by Crippen LogP contribution is -2.55. The van der Waals surface area contributed by atoms with E-state index in [1.807, 2.05) is 13.8 Å². The highest BCUT2D eigenvalue weighted by molar-refractivity contribution is 7.82. The molecule has 0 spiro atoms. The predicted octanol–water partition coefficient (Wildman–Crippen LogP) is 0.421. The highest BCUT2D eigenvalue weighted by atomic mass is 32.1. The number of hydrogen-bond donors (Lipinski definition) is 6. The molecule has 5 N–H and O–H groups in total. The van der Waals surface area contributed by atoms with Crippen molar-refractivity contribution in [1.82, 2.24) is 0 Å². The lowest BCUT2D eigenvalue weighted by Gasteiger charge is -2.36. The number of unbranched alkanes of at least 4 members (excludes halogenated alkanes) is 1. The first kappa shape index (κ1) is 20.7. The van der Waals surface area contributed by atoms with Crippen molar-refractivity contribution in [2.24, 2.45) is 5.92 Å². The standard InChI is InChI=1S/C14H28O6S/c1-3-5-6-9(4-2)7-14(21,13(19)20)12(18)11(17)10(16)8-15/h9-12,15-18,21H,3-8H2,1-2H3,(H,19,20)/t9?,10-,11-,12+,14-/m1/s1. The van der Waals surface area contributed by atoms with E-state index < -0.39 is 35.6 Å². The number of aliphatic carboxylic acids is 1. The van der Waals surface area contributed by atoms with E-state index in [4.69, 9.17) is 5.11 Å². The van der Waals surface area contributed by atoms with Gasteiger partial charge in [0.1, 0.15) is 23.1 Å². The zero-order valence-corrected chi connectivity index (χ0v) is 13.5. The van der Waals surface area contributed by atoms with Crippen LogP contribution in [0.25, 0.3) is 0 Å². The molecule has 0 aromatic heterocycles. The molecular formula is C14H28O6S. The zero-order chi connectivity index (χ0) is 16.6. The average molecular weight is 324 g/mol. The van der Waals surface area contributed by atoms with Gasteiger partial charge in [-0.15, -0.1) is 0 Å². The van der Waals surface area contributed by atoms with Crippen LogP contribution in [-0.4, -0.2) is 61.2 Å². The first-order valence-electron chi connectivity index (χ1n) is 7.35. The van der Waals surface area contributed by atoms with E-state index in [1.165, 1.54) is 0 Å². The highest BCUT2D eigenvalue weighted by Gasteiger charge is 2.48. The van der Waals surface area contributed by atoms with Gasteiger partial charge in [-0.05, 0) is 12.3 Å². The Balaban J connectivity index is 5.09. The number of carboxylic acid groups (broad SMARTS) is 1. The summed E-state index contributed by atoms with van der Waals surface area (Å²) in [7, 11) is 0. The van der Waals surface area contributed by atoms with Crippen molar-refractivity contribution in [3.8, 4) is 0 Å². The maximum absolute atomic E-state index is 11.5. The average Bonchev–Trinajstić information content (AvgIpc) is 2.48. The Bertz CT molecular complexity index is 314. The molecule has 6 nitrogen and oxygen atoms in total. The molecule has 0 aliphatic heterocycles. The fourth-order valence-corrected chi connectivity index (χ4v) is 2.73. The lowest BCUT2D eigenvalue weighted by atomic mass is 9.82. The van der Waals surface area contributed by atoms with Gasteiger partial charge in [0.05, 0.1) is 6.61 Å². The third-order valence-corrected chi connectivity index (χ3v) is 4.55. The third-order valence-electron chi connectivity index (χ3n) is 3.91. The van der Waals surface area contributed by atoms with Crippen LogP contribution in [0.5, 0.6) is 0 Å². The van der Waals surface area contributed by atoms with Gasteiger partial charge in [-0.2, -0.15) is 12.6 Å². The molecule has 0 aromatic carbocycles. The van der Waals surface area contributed by atoms with E-state index in [9.17, 15) is 25.2 Å². The Labute approximate surface area is 131 Å². The number of rotatable bonds is 11. The van der Waals surface area contributed by atoms with Crippen molar-refractivity contribution in [1.29, 1.82) is 0 Å². The van der Waals surface area contributed by atoms with Crippen LogP contribution < -0.4 is 0 Å². The molecule has 0 fully saturated rings. The maximum atomic E-state index is 11.5. The monoisotopic (exact) mass is 324 g/mol. The summed E-state index contributed by atoms with van der Waals surface area (Å²) in [5.41, 5.74) is 0. The van der Waals surface area contributed by atoms with Crippen LogP contribution in [0, 0.1) is 5.92 Å². The van der Waals surface area contributed by atoms with Crippen molar-refractivity contribution in [2.45, 2.75) is 69.0 Å². The van der Waals surface area contributed by atoms with Crippen LogP contribution in [0.15, 0.2) is 0 Å². The molecule has 0 saturated carbocycles. The first-order valence-corrected chi connectivity index (χ1v) is 7.80. The van der Waals surface area contributed by atoms with Crippen LogP contribution in [0.2, 0.25) is 0 Å². The number of aliphatic hydroxyl groups excluding tert-OH is 4. The Morgan fingerprint density at radius 3 is 2.19 bits per heavy atom. The predicted molar refractivity (Wildman–Crippen MR) is 82.4 cm³/mol. The van der Waals surface area contributed by atoms with Crippen molar-refractivity contribution in [2.75, 3.05) is 6.61 Å². The summed E-state index contributed by atoms with van der Waals surface area (Å²) < 4.78 is -1.87. The second kappa shape index (κ2) is 9.63. The van der Waals surface area contributed by atoms with Crippen LogP contribution in [0.1, 0.15) is 46.0 Å². The molecule has 0 aliphatic carbocycles. The molecule has 0 aliphatic rings. The second-order valence-corrected chi connectivity index (χ2v) is 6.33. The fraction of sp³-hybridized carbons (Fsp3) is 0.929. The van der Waals surface area contributed by atoms with E-state index >= 15 is 0 Å². The van der Waals surface area contributed by atoms with Gasteiger partial charge in [0.25, 0.3) is 0 Å². The summed E-state index contributed by atoms with van der Waals surface area (Å²) in [6.07, 6.45) is -1.60. The minimum atomic E-state index is -1.87. The minimum Gasteiger partial charge on any atom is -0.480 e. The third kappa shape index (κ3) is 5.75. The van der Waals surface area contributed by atoms with Gasteiger partial charge in [0.2, 0.25) is 0 Å². The molecular weight excluding hydrogens is 296 g/mol. The topological polar surface area (TPSA) is 118 Å². The van der Waals surface area contributed by atoms with E-state index in [0.29, 0.717) is 0 Å². The molecule has 0 radical (unpaired) electrons. The smallest absolute Gasteiger partial charge is 0.322 e. The second-order valence-electron chi connectivity index (χ2n) is 5.54. The lowest BCUT2D eigenvalue weighted by molar-refractivity contribution is -0.150.